The summed E-state index contributed by atoms with van der Waals surface area (Å²) < 4.78 is 14.1. The van der Waals surface area contributed by atoms with Crippen molar-refractivity contribution in [3.8, 4) is 0 Å². The second-order valence-electron chi connectivity index (χ2n) is 20.4. The summed E-state index contributed by atoms with van der Waals surface area (Å²) in [6.45, 7) is 0.652. The van der Waals surface area contributed by atoms with Crippen LogP contribution in [0.1, 0.15) is 12.8 Å². The first-order chi connectivity index (χ1) is 37.4. The van der Waals surface area contributed by atoms with E-state index in [0.717, 1.165) is 34.1 Å². The maximum atomic E-state index is 7.03. The molecule has 2 aliphatic rings. The average molecular weight is 983 g/mol. The highest BCUT2D eigenvalue weighted by Crippen LogP contribution is 2.36. The van der Waals surface area contributed by atoms with Gasteiger partial charge >= 0.3 is 0 Å². The highest BCUT2D eigenvalue weighted by atomic mass is 16.6. The first-order valence-corrected chi connectivity index (χ1v) is 26.3. The van der Waals surface area contributed by atoms with Crippen LogP contribution in [0, 0.1) is 0 Å². The first kappa shape index (κ1) is 45.4. The Labute approximate surface area is 441 Å². The highest BCUT2D eigenvalue weighted by Gasteiger charge is 2.33. The van der Waals surface area contributed by atoms with Crippen LogP contribution in [0.3, 0.4) is 0 Å². The first-order valence-electron chi connectivity index (χ1n) is 26.3. The van der Waals surface area contributed by atoms with Gasteiger partial charge in [0.05, 0.1) is 13.2 Å². The van der Waals surface area contributed by atoms with Gasteiger partial charge in [0, 0.05) is 47.0 Å². The zero-order chi connectivity index (χ0) is 50.5. The molecule has 0 radical (unpaired) electrons. The fraction of sp³-hybridized carbons (Fsp3) is 0.0857. The Balaban J connectivity index is 0.732. The molecule has 0 spiro atoms. The smallest absolute Gasteiger partial charge is 0.162 e. The van der Waals surface area contributed by atoms with Gasteiger partial charge in [-0.3, -0.25) is 0 Å². The van der Waals surface area contributed by atoms with E-state index in [9.17, 15) is 0 Å². The van der Waals surface area contributed by atoms with Crippen molar-refractivity contribution in [1.29, 1.82) is 0 Å². The molecule has 12 aromatic rings. The van der Waals surface area contributed by atoms with E-state index in [0.29, 0.717) is 26.1 Å². The van der Waals surface area contributed by atoms with Crippen LogP contribution in [0.2, 0.25) is 0 Å². The Hall–Kier alpha value is -9.20. The summed E-state index contributed by atoms with van der Waals surface area (Å²) in [6.07, 6.45) is 14.2. The van der Waals surface area contributed by atoms with Gasteiger partial charge in [0.25, 0.3) is 0 Å². The van der Waals surface area contributed by atoms with Gasteiger partial charge in [0.15, 0.2) is 11.4 Å². The van der Waals surface area contributed by atoms with E-state index in [2.05, 4.69) is 276 Å². The average Bonchev–Trinajstić information content (AvgIpc) is 3.48. The molecular formula is C70H54N4O2. The van der Waals surface area contributed by atoms with E-state index in [-0.39, 0.29) is 0 Å². The molecule has 366 valence electrons. The lowest BCUT2D eigenvalue weighted by Gasteiger charge is -2.37. The van der Waals surface area contributed by atoms with Gasteiger partial charge in [-0.25, -0.2) is 0 Å². The third kappa shape index (κ3) is 9.15. The molecule has 14 rings (SSSR count). The molecule has 0 heterocycles. The van der Waals surface area contributed by atoms with Gasteiger partial charge in [-0.05, 0) is 208 Å². The molecule has 4 N–H and O–H groups in total. The minimum Gasteiger partial charge on any atom is -0.356 e. The molecule has 76 heavy (non-hydrogen) atoms. The van der Waals surface area contributed by atoms with E-state index in [4.69, 9.17) is 9.47 Å². The van der Waals surface area contributed by atoms with Crippen LogP contribution in [0.15, 0.2) is 266 Å². The lowest BCUT2D eigenvalue weighted by atomic mass is 9.99. The molecule has 0 amide bonds. The monoisotopic (exact) mass is 982 g/mol. The van der Waals surface area contributed by atoms with Crippen LogP contribution in [-0.4, -0.2) is 24.7 Å². The molecule has 0 aliphatic heterocycles. The zero-order valence-corrected chi connectivity index (χ0v) is 41.9. The van der Waals surface area contributed by atoms with Crippen LogP contribution in [0.4, 0.5) is 22.7 Å². The predicted molar refractivity (Wildman–Crippen MR) is 321 cm³/mol. The molecule has 0 fully saturated rings. The van der Waals surface area contributed by atoms with Gasteiger partial charge in [0.2, 0.25) is 0 Å². The van der Waals surface area contributed by atoms with Gasteiger partial charge < -0.3 is 30.7 Å². The maximum Gasteiger partial charge on any atom is 0.162 e. The number of hydrogen-bond donors (Lipinski definition) is 4. The third-order valence-electron chi connectivity index (χ3n) is 15.2. The molecule has 12 aromatic carbocycles. The summed E-state index contributed by atoms with van der Waals surface area (Å²) in [5.41, 5.74) is 4.33. The summed E-state index contributed by atoms with van der Waals surface area (Å²) in [5.74, 6) is 0. The summed E-state index contributed by atoms with van der Waals surface area (Å²) in [7, 11) is 0. The quantitative estimate of drug-likeness (QED) is 0.0524. The zero-order valence-electron chi connectivity index (χ0n) is 41.9. The standard InChI is InChI=1S/C70H54N4O2/c1-5-13-51-39-59-43-65(21-17-55(59)35-47(51)9-1)71-63-25-29-69(30-26-63,73-67-23-19-57-37-49-11-3-7-15-53(49)41-61(57)45-67)75-33-34-76-70(74-68-24-20-58-38-50-12-4-8-16-54(50)42-62(58)46-68)31-27-64(28-32-70)72-66-22-18-56-36-48-10-2-6-14-52(48)40-60(56)44-66/h1-29,31,35-46,71-74H,30,32-34H2. The van der Waals surface area contributed by atoms with E-state index < -0.39 is 11.4 Å². The molecule has 0 saturated heterocycles. The van der Waals surface area contributed by atoms with Crippen molar-refractivity contribution in [3.05, 3.63) is 266 Å². The van der Waals surface area contributed by atoms with Crippen molar-refractivity contribution in [1.82, 2.24) is 0 Å². The number of fused-ring (bicyclic) bond motifs is 8. The Morgan fingerprint density at radius 3 is 0.842 bits per heavy atom. The van der Waals surface area contributed by atoms with Gasteiger partial charge in [0.1, 0.15) is 0 Å². The van der Waals surface area contributed by atoms with Crippen LogP contribution in [0.5, 0.6) is 0 Å². The number of rotatable bonds is 13. The minimum absolute atomic E-state index is 0.326. The van der Waals surface area contributed by atoms with Gasteiger partial charge in [-0.15, -0.1) is 0 Å². The molecule has 2 aliphatic carbocycles. The summed E-state index contributed by atoms with van der Waals surface area (Å²) in [5, 5.41) is 34.5. The Morgan fingerprint density at radius 1 is 0.289 bits per heavy atom. The van der Waals surface area contributed by atoms with Crippen LogP contribution in [-0.2, 0) is 9.47 Å². The largest absolute Gasteiger partial charge is 0.356 e. The summed E-state index contributed by atoms with van der Waals surface area (Å²) in [6, 6.07) is 78.5. The Bertz CT molecular complexity index is 4120. The third-order valence-corrected chi connectivity index (χ3v) is 15.2. The van der Waals surface area contributed by atoms with Crippen LogP contribution in [0.25, 0.3) is 86.2 Å². The summed E-state index contributed by atoms with van der Waals surface area (Å²) in [4.78, 5) is 0. The number of ether oxygens (including phenoxy) is 2. The van der Waals surface area contributed by atoms with Crippen LogP contribution < -0.4 is 21.3 Å². The fourth-order valence-corrected chi connectivity index (χ4v) is 11.2. The number of allylic oxidation sites excluding steroid dienone is 2. The molecule has 6 nitrogen and oxygen atoms in total. The molecule has 0 saturated carbocycles. The fourth-order valence-electron chi connectivity index (χ4n) is 11.2. The van der Waals surface area contributed by atoms with E-state index in [1.807, 2.05) is 0 Å². The molecule has 2 atom stereocenters. The molecule has 0 bridgehead atoms. The minimum atomic E-state index is -0.853. The Morgan fingerprint density at radius 2 is 0.553 bits per heavy atom. The lowest BCUT2D eigenvalue weighted by Crippen LogP contribution is -2.44. The number of anilines is 4. The second kappa shape index (κ2) is 18.9. The van der Waals surface area contributed by atoms with Crippen molar-refractivity contribution < 1.29 is 9.47 Å². The van der Waals surface area contributed by atoms with Crippen molar-refractivity contribution >= 4 is 109 Å². The van der Waals surface area contributed by atoms with E-state index >= 15 is 0 Å². The van der Waals surface area contributed by atoms with Crippen molar-refractivity contribution in [3.63, 3.8) is 0 Å². The second-order valence-corrected chi connectivity index (χ2v) is 20.4. The van der Waals surface area contributed by atoms with Crippen LogP contribution >= 0.6 is 0 Å². The van der Waals surface area contributed by atoms with Crippen molar-refractivity contribution in [2.75, 3.05) is 34.5 Å². The SMILES string of the molecule is C1=CC(Nc2ccc3cc4ccccc4cc3c2)(OCCOC2(Nc3ccc4cc5ccccc5cc4c3)C=CC(Nc3ccc4cc5ccccc5cc4c3)=CC2)CC=C1Nc1ccc2cc3ccccc3cc2c1. The topological polar surface area (TPSA) is 66.6 Å². The number of nitrogens with one attached hydrogen (secondary N) is 4. The molecule has 2 unspecified atom stereocenters. The van der Waals surface area contributed by atoms with Gasteiger partial charge in [-0.1, -0.05) is 133 Å². The van der Waals surface area contributed by atoms with E-state index in [1.165, 1.54) is 86.2 Å². The van der Waals surface area contributed by atoms with Crippen molar-refractivity contribution in [2.24, 2.45) is 0 Å². The summed E-state index contributed by atoms with van der Waals surface area (Å²) >= 11 is 0. The Kier molecular flexibility index (Phi) is 11.3. The van der Waals surface area contributed by atoms with E-state index in [1.54, 1.807) is 0 Å². The molecular weight excluding hydrogens is 929 g/mol. The highest BCUT2D eigenvalue weighted by molar-refractivity contribution is 6.02. The number of hydrogen-bond acceptors (Lipinski definition) is 6. The lowest BCUT2D eigenvalue weighted by molar-refractivity contribution is -0.0570. The van der Waals surface area contributed by atoms with Crippen molar-refractivity contribution in [2.45, 2.75) is 24.3 Å². The molecule has 6 heteroatoms. The maximum absolute atomic E-state index is 7.03. The van der Waals surface area contributed by atoms with Gasteiger partial charge in [-0.2, -0.15) is 0 Å². The normalized spacial score (nSPS) is 17.5. The molecule has 0 aromatic heterocycles. The predicted octanol–water partition coefficient (Wildman–Crippen LogP) is 17.8. The number of benzene rings is 12.